The Hall–Kier alpha value is -2.14. The highest BCUT2D eigenvalue weighted by Crippen LogP contribution is 2.21. The summed E-state index contributed by atoms with van der Waals surface area (Å²) in [6, 6.07) is 9.81. The molecule has 0 aliphatic carbocycles. The molecule has 23 heavy (non-hydrogen) atoms. The van der Waals surface area contributed by atoms with E-state index in [0.717, 1.165) is 37.3 Å². The molecule has 0 atom stereocenters. The molecule has 0 bridgehead atoms. The number of hydrogen-bond acceptors (Lipinski definition) is 4. The molecule has 1 N–H and O–H groups in total. The van der Waals surface area contributed by atoms with Crippen LogP contribution in [0.4, 0.5) is 0 Å². The van der Waals surface area contributed by atoms with Crippen molar-refractivity contribution < 1.29 is 14.3 Å². The topological polar surface area (TPSA) is 66.6 Å². The van der Waals surface area contributed by atoms with Gasteiger partial charge in [-0.25, -0.2) is 4.98 Å². The monoisotopic (exact) mass is 314 g/mol. The fourth-order valence-electron chi connectivity index (χ4n) is 2.90. The summed E-state index contributed by atoms with van der Waals surface area (Å²) in [5, 5.41) is 9.14. The molecule has 0 unspecified atom stereocenters. The number of hydrogen-bond donors (Lipinski definition) is 1. The average Bonchev–Trinajstić information content (AvgIpc) is 3.09. The van der Waals surface area contributed by atoms with Gasteiger partial charge in [-0.15, -0.1) is 0 Å². The Balaban J connectivity index is 1.51. The van der Waals surface area contributed by atoms with Gasteiger partial charge in [-0.05, 0) is 18.8 Å². The number of aryl methyl sites for hydroxylation is 1. The third kappa shape index (κ3) is 3.99. The number of aliphatic hydroxyl groups is 1. The fourth-order valence-corrected chi connectivity index (χ4v) is 2.90. The molecular formula is C18H22N2O3. The zero-order valence-corrected chi connectivity index (χ0v) is 13.1. The first kappa shape index (κ1) is 15.7. The number of carbonyl (C=O) groups is 1. The lowest BCUT2D eigenvalue weighted by Crippen LogP contribution is -2.39. The van der Waals surface area contributed by atoms with Crippen LogP contribution >= 0.6 is 0 Å². The number of aliphatic hydroxyl groups excluding tert-OH is 1. The first-order valence-electron chi connectivity index (χ1n) is 8.15. The summed E-state index contributed by atoms with van der Waals surface area (Å²) in [7, 11) is 0. The number of oxazole rings is 1. The Morgan fingerprint density at radius 3 is 2.70 bits per heavy atom. The van der Waals surface area contributed by atoms with Crippen LogP contribution in [0.25, 0.3) is 11.3 Å². The van der Waals surface area contributed by atoms with E-state index < -0.39 is 0 Å². The molecule has 0 radical (unpaired) electrons. The molecule has 1 aromatic heterocycles. The molecule has 5 heteroatoms. The highest BCUT2D eigenvalue weighted by atomic mass is 16.4. The molecule has 1 amide bonds. The van der Waals surface area contributed by atoms with Crippen LogP contribution in [0.2, 0.25) is 0 Å². The molecule has 2 heterocycles. The van der Waals surface area contributed by atoms with Gasteiger partial charge in [-0.2, -0.15) is 0 Å². The SMILES string of the molecule is O=C(CCc1ncc(-c2ccccc2)o1)N1CCC(CO)CC1. The van der Waals surface area contributed by atoms with Crippen molar-refractivity contribution >= 4 is 5.91 Å². The van der Waals surface area contributed by atoms with Gasteiger partial charge in [0.15, 0.2) is 11.7 Å². The van der Waals surface area contributed by atoms with Crippen molar-refractivity contribution in [3.8, 4) is 11.3 Å². The summed E-state index contributed by atoms with van der Waals surface area (Å²) < 4.78 is 5.73. The number of aromatic nitrogens is 1. The van der Waals surface area contributed by atoms with Crippen LogP contribution in [0.1, 0.15) is 25.2 Å². The molecule has 122 valence electrons. The molecule has 1 saturated heterocycles. The summed E-state index contributed by atoms with van der Waals surface area (Å²) in [4.78, 5) is 18.4. The lowest BCUT2D eigenvalue weighted by atomic mass is 9.97. The van der Waals surface area contributed by atoms with Gasteiger partial charge < -0.3 is 14.4 Å². The predicted molar refractivity (Wildman–Crippen MR) is 86.6 cm³/mol. The van der Waals surface area contributed by atoms with E-state index in [9.17, 15) is 4.79 Å². The first-order valence-corrected chi connectivity index (χ1v) is 8.15. The van der Waals surface area contributed by atoms with Gasteiger partial charge in [0.05, 0.1) is 6.20 Å². The van der Waals surface area contributed by atoms with Crippen LogP contribution in [0.3, 0.4) is 0 Å². The van der Waals surface area contributed by atoms with Crippen LogP contribution in [0.5, 0.6) is 0 Å². The number of nitrogens with zero attached hydrogens (tertiary/aromatic N) is 2. The lowest BCUT2D eigenvalue weighted by molar-refractivity contribution is -0.132. The Bertz CT molecular complexity index is 631. The first-order chi connectivity index (χ1) is 11.3. The Morgan fingerprint density at radius 1 is 1.26 bits per heavy atom. The van der Waals surface area contributed by atoms with E-state index in [1.807, 2.05) is 35.2 Å². The quantitative estimate of drug-likeness (QED) is 0.921. The second-order valence-electron chi connectivity index (χ2n) is 5.99. The standard InChI is InChI=1S/C18H22N2O3/c21-13-14-8-10-20(11-9-14)18(22)7-6-17-19-12-16(23-17)15-4-2-1-3-5-15/h1-5,12,14,21H,6-11,13H2. The number of benzene rings is 1. The summed E-state index contributed by atoms with van der Waals surface area (Å²) in [6.45, 7) is 1.70. The molecule has 1 aromatic carbocycles. The molecule has 0 saturated carbocycles. The minimum Gasteiger partial charge on any atom is -0.441 e. The van der Waals surface area contributed by atoms with Gasteiger partial charge in [0.2, 0.25) is 5.91 Å². The molecule has 2 aromatic rings. The summed E-state index contributed by atoms with van der Waals surface area (Å²) in [5.41, 5.74) is 0.989. The van der Waals surface area contributed by atoms with Gasteiger partial charge in [0.1, 0.15) is 0 Å². The van der Waals surface area contributed by atoms with Gasteiger partial charge in [-0.3, -0.25) is 4.79 Å². The van der Waals surface area contributed by atoms with Crippen molar-refractivity contribution in [2.45, 2.75) is 25.7 Å². The van der Waals surface area contributed by atoms with Gasteiger partial charge in [0, 0.05) is 38.1 Å². The molecule has 5 nitrogen and oxygen atoms in total. The van der Waals surface area contributed by atoms with Crippen molar-refractivity contribution in [1.29, 1.82) is 0 Å². The predicted octanol–water partition coefficient (Wildman–Crippen LogP) is 2.51. The number of piperidine rings is 1. The van der Waals surface area contributed by atoms with E-state index >= 15 is 0 Å². The fraction of sp³-hybridized carbons (Fsp3) is 0.444. The maximum absolute atomic E-state index is 12.2. The van der Waals surface area contributed by atoms with Crippen molar-refractivity contribution in [2.24, 2.45) is 5.92 Å². The van der Waals surface area contributed by atoms with Crippen LogP contribution in [0, 0.1) is 5.92 Å². The lowest BCUT2D eigenvalue weighted by Gasteiger charge is -2.31. The molecule has 3 rings (SSSR count). The molecule has 0 spiro atoms. The second-order valence-corrected chi connectivity index (χ2v) is 5.99. The van der Waals surface area contributed by atoms with Crippen LogP contribution in [-0.4, -0.2) is 40.6 Å². The molecule has 1 aliphatic rings. The maximum atomic E-state index is 12.2. The van der Waals surface area contributed by atoms with E-state index in [1.165, 1.54) is 0 Å². The van der Waals surface area contributed by atoms with Crippen molar-refractivity contribution in [1.82, 2.24) is 9.88 Å². The highest BCUT2D eigenvalue weighted by Gasteiger charge is 2.22. The zero-order chi connectivity index (χ0) is 16.1. The number of rotatable bonds is 5. The molecular weight excluding hydrogens is 292 g/mol. The van der Waals surface area contributed by atoms with Gasteiger partial charge >= 0.3 is 0 Å². The van der Waals surface area contributed by atoms with E-state index in [0.29, 0.717) is 24.7 Å². The zero-order valence-electron chi connectivity index (χ0n) is 13.1. The van der Waals surface area contributed by atoms with Crippen LogP contribution in [0.15, 0.2) is 40.9 Å². The largest absolute Gasteiger partial charge is 0.441 e. The Morgan fingerprint density at radius 2 is 2.00 bits per heavy atom. The van der Waals surface area contributed by atoms with Gasteiger partial charge in [-0.1, -0.05) is 30.3 Å². The Labute approximate surface area is 135 Å². The Kier molecular flexibility index (Phi) is 5.08. The number of likely N-dealkylation sites (tertiary alicyclic amines) is 1. The minimum absolute atomic E-state index is 0.140. The van der Waals surface area contributed by atoms with Crippen molar-refractivity contribution in [2.75, 3.05) is 19.7 Å². The van der Waals surface area contributed by atoms with Crippen molar-refractivity contribution in [3.63, 3.8) is 0 Å². The number of amides is 1. The summed E-state index contributed by atoms with van der Waals surface area (Å²) in [5.74, 6) is 1.82. The molecule has 1 aliphatic heterocycles. The molecule has 1 fully saturated rings. The van der Waals surface area contributed by atoms with E-state index in [2.05, 4.69) is 4.98 Å². The minimum atomic E-state index is 0.140. The normalized spacial score (nSPS) is 15.8. The van der Waals surface area contributed by atoms with E-state index in [1.54, 1.807) is 6.20 Å². The van der Waals surface area contributed by atoms with Gasteiger partial charge in [0.25, 0.3) is 0 Å². The smallest absolute Gasteiger partial charge is 0.223 e. The number of carbonyl (C=O) groups excluding carboxylic acids is 1. The van der Waals surface area contributed by atoms with E-state index in [4.69, 9.17) is 9.52 Å². The third-order valence-electron chi connectivity index (χ3n) is 4.39. The summed E-state index contributed by atoms with van der Waals surface area (Å²) in [6.07, 6.45) is 4.42. The third-order valence-corrected chi connectivity index (χ3v) is 4.39. The maximum Gasteiger partial charge on any atom is 0.223 e. The van der Waals surface area contributed by atoms with E-state index in [-0.39, 0.29) is 12.5 Å². The average molecular weight is 314 g/mol. The summed E-state index contributed by atoms with van der Waals surface area (Å²) >= 11 is 0. The van der Waals surface area contributed by atoms with Crippen LogP contribution < -0.4 is 0 Å². The van der Waals surface area contributed by atoms with Crippen LogP contribution in [-0.2, 0) is 11.2 Å². The second kappa shape index (κ2) is 7.42. The van der Waals surface area contributed by atoms with Crippen molar-refractivity contribution in [3.05, 3.63) is 42.4 Å². The highest BCUT2D eigenvalue weighted by molar-refractivity contribution is 5.76.